The Labute approximate surface area is 225 Å². The summed E-state index contributed by atoms with van der Waals surface area (Å²) in [5.41, 5.74) is 4.38. The van der Waals surface area contributed by atoms with Crippen LogP contribution < -0.4 is 14.6 Å². The number of hydrogen-bond acceptors (Lipinski definition) is 3. The molecule has 0 fully saturated rings. The highest BCUT2D eigenvalue weighted by Crippen LogP contribution is 2.33. The topological polar surface area (TPSA) is 42.2 Å². The van der Waals surface area contributed by atoms with Gasteiger partial charge in [0, 0.05) is 11.1 Å². The van der Waals surface area contributed by atoms with E-state index in [0.717, 1.165) is 24.9 Å². The van der Waals surface area contributed by atoms with Gasteiger partial charge in [-0.25, -0.2) is 0 Å². The van der Waals surface area contributed by atoms with Crippen LogP contribution in [0.3, 0.4) is 0 Å². The SMILES string of the molecule is CCCCCCCCCCCCOc1c(Cl)cccc1NC(=O)c1cccc(C[n+]2csc(C)c2)c1. The number of anilines is 1. The molecule has 4 nitrogen and oxygen atoms in total. The lowest BCUT2D eigenvalue weighted by atomic mass is 10.1. The van der Waals surface area contributed by atoms with Crippen LogP contribution in [0.15, 0.2) is 54.2 Å². The third kappa shape index (κ3) is 9.59. The quantitative estimate of drug-likeness (QED) is 0.150. The number of unbranched alkanes of at least 4 members (excludes halogenated alkanes) is 9. The Morgan fingerprint density at radius 3 is 2.36 bits per heavy atom. The van der Waals surface area contributed by atoms with E-state index >= 15 is 0 Å². The summed E-state index contributed by atoms with van der Waals surface area (Å²) in [4.78, 5) is 14.3. The Balaban J connectivity index is 1.47. The molecule has 0 bridgehead atoms. The predicted octanol–water partition coefficient (Wildman–Crippen LogP) is 8.60. The van der Waals surface area contributed by atoms with Crippen LogP contribution in [-0.2, 0) is 6.54 Å². The average molecular weight is 528 g/mol. The van der Waals surface area contributed by atoms with Crippen LogP contribution in [0.4, 0.5) is 5.69 Å². The van der Waals surface area contributed by atoms with Gasteiger partial charge in [0.2, 0.25) is 5.51 Å². The molecule has 0 spiro atoms. The molecule has 1 N–H and O–H groups in total. The number of ether oxygens (including phenoxy) is 1. The Kier molecular flexibility index (Phi) is 12.3. The van der Waals surface area contributed by atoms with Gasteiger partial charge in [-0.1, -0.05) is 106 Å². The first kappa shape index (κ1) is 28.2. The monoisotopic (exact) mass is 527 g/mol. The average Bonchev–Trinajstić information content (AvgIpc) is 3.28. The number of thiazole rings is 1. The van der Waals surface area contributed by atoms with Crippen LogP contribution in [0.2, 0.25) is 5.02 Å². The van der Waals surface area contributed by atoms with Gasteiger partial charge in [0.1, 0.15) is 0 Å². The smallest absolute Gasteiger partial charge is 0.255 e. The molecule has 1 aromatic heterocycles. The number of aromatic nitrogens is 1. The molecule has 3 aromatic rings. The standard InChI is InChI=1S/C30H39ClN2O2S/c1-3-4-5-6-7-8-9-10-11-12-19-35-29-27(31)17-14-18-28(29)32-30(34)26-16-13-15-25(20-26)22-33-21-24(2)36-23-33/h13-18,20-21,23H,3-12,19,22H2,1-2H3/p+1. The van der Waals surface area contributed by atoms with Gasteiger partial charge in [0.25, 0.3) is 5.91 Å². The van der Waals surface area contributed by atoms with E-state index in [-0.39, 0.29) is 5.91 Å². The second kappa shape index (κ2) is 15.7. The van der Waals surface area contributed by atoms with E-state index in [4.69, 9.17) is 16.3 Å². The molecule has 0 aliphatic rings. The van der Waals surface area contributed by atoms with E-state index in [1.807, 2.05) is 36.4 Å². The van der Waals surface area contributed by atoms with Crippen molar-refractivity contribution in [2.24, 2.45) is 0 Å². The lowest BCUT2D eigenvalue weighted by Crippen LogP contribution is -2.30. The zero-order chi connectivity index (χ0) is 25.6. The van der Waals surface area contributed by atoms with Crippen LogP contribution in [0.1, 0.15) is 91.9 Å². The van der Waals surface area contributed by atoms with Crippen LogP contribution in [0, 0.1) is 6.92 Å². The lowest BCUT2D eigenvalue weighted by Gasteiger charge is -2.14. The van der Waals surface area contributed by atoms with Crippen LogP contribution >= 0.6 is 22.9 Å². The number of hydrogen-bond donors (Lipinski definition) is 1. The van der Waals surface area contributed by atoms with Gasteiger partial charge in [0.15, 0.2) is 18.5 Å². The van der Waals surface area contributed by atoms with Gasteiger partial charge in [0.05, 0.1) is 22.2 Å². The molecule has 0 radical (unpaired) electrons. The van der Waals surface area contributed by atoms with Gasteiger partial charge in [-0.2, -0.15) is 4.57 Å². The van der Waals surface area contributed by atoms with E-state index in [1.54, 1.807) is 17.4 Å². The third-order valence-corrected chi connectivity index (χ3v) is 7.39. The number of benzene rings is 2. The second-order valence-electron chi connectivity index (χ2n) is 9.44. The molecule has 0 saturated carbocycles. The van der Waals surface area contributed by atoms with Crippen molar-refractivity contribution < 1.29 is 14.1 Å². The number of para-hydroxylation sites is 1. The number of amides is 1. The number of carbonyl (C=O) groups is 1. The second-order valence-corrected chi connectivity index (χ2v) is 10.9. The van der Waals surface area contributed by atoms with Crippen molar-refractivity contribution in [3.05, 3.63) is 75.2 Å². The van der Waals surface area contributed by atoms with Crippen molar-refractivity contribution in [1.82, 2.24) is 0 Å². The molecule has 2 aromatic carbocycles. The van der Waals surface area contributed by atoms with Gasteiger partial charge in [-0.15, -0.1) is 0 Å². The maximum Gasteiger partial charge on any atom is 0.255 e. The third-order valence-electron chi connectivity index (χ3n) is 6.24. The molecule has 0 aliphatic heterocycles. The van der Waals surface area contributed by atoms with Crippen molar-refractivity contribution in [1.29, 1.82) is 0 Å². The summed E-state index contributed by atoms with van der Waals surface area (Å²) in [5.74, 6) is 0.373. The van der Waals surface area contributed by atoms with Gasteiger partial charge in [-0.05, 0) is 37.6 Å². The maximum absolute atomic E-state index is 13.0. The van der Waals surface area contributed by atoms with E-state index < -0.39 is 0 Å². The molecule has 0 aliphatic carbocycles. The number of aryl methyl sites for hydroxylation is 1. The highest BCUT2D eigenvalue weighted by atomic mass is 35.5. The van der Waals surface area contributed by atoms with Crippen molar-refractivity contribution in [3.8, 4) is 5.75 Å². The molecule has 1 amide bonds. The first-order valence-electron chi connectivity index (χ1n) is 13.3. The molecular weight excluding hydrogens is 488 g/mol. The minimum Gasteiger partial charge on any atom is -0.490 e. The number of halogens is 1. The van der Waals surface area contributed by atoms with Crippen molar-refractivity contribution in [2.45, 2.75) is 84.6 Å². The summed E-state index contributed by atoms with van der Waals surface area (Å²) in [6, 6.07) is 13.2. The Morgan fingerprint density at radius 1 is 0.972 bits per heavy atom. The van der Waals surface area contributed by atoms with Gasteiger partial charge >= 0.3 is 0 Å². The first-order chi connectivity index (χ1) is 17.6. The summed E-state index contributed by atoms with van der Waals surface area (Å²) < 4.78 is 8.17. The highest BCUT2D eigenvalue weighted by Gasteiger charge is 2.14. The minimum absolute atomic E-state index is 0.172. The summed E-state index contributed by atoms with van der Waals surface area (Å²) in [6.07, 6.45) is 14.9. The number of nitrogens with one attached hydrogen (secondary N) is 1. The normalized spacial score (nSPS) is 11.0. The summed E-state index contributed by atoms with van der Waals surface area (Å²) >= 11 is 8.14. The van der Waals surface area contributed by atoms with E-state index in [1.165, 1.54) is 56.2 Å². The molecule has 0 unspecified atom stereocenters. The first-order valence-corrected chi connectivity index (χ1v) is 14.6. The van der Waals surface area contributed by atoms with Crippen LogP contribution in [0.5, 0.6) is 5.75 Å². The Hall–Kier alpha value is -2.37. The summed E-state index contributed by atoms with van der Waals surface area (Å²) in [5, 5.41) is 3.51. The zero-order valence-corrected chi connectivity index (χ0v) is 23.3. The largest absolute Gasteiger partial charge is 0.490 e. The van der Waals surface area contributed by atoms with Gasteiger partial charge < -0.3 is 10.1 Å². The van der Waals surface area contributed by atoms with E-state index in [2.05, 4.69) is 35.4 Å². The fourth-order valence-electron chi connectivity index (χ4n) is 4.26. The molecule has 194 valence electrons. The van der Waals surface area contributed by atoms with Crippen molar-refractivity contribution in [2.75, 3.05) is 11.9 Å². The molecule has 36 heavy (non-hydrogen) atoms. The Bertz CT molecular complexity index is 1080. The molecule has 6 heteroatoms. The number of nitrogens with zero attached hydrogens (tertiary/aromatic N) is 1. The van der Waals surface area contributed by atoms with Crippen LogP contribution in [-0.4, -0.2) is 12.5 Å². The fraction of sp³-hybridized carbons (Fsp3) is 0.467. The van der Waals surface area contributed by atoms with Crippen molar-refractivity contribution >= 4 is 34.5 Å². The van der Waals surface area contributed by atoms with E-state index in [0.29, 0.717) is 28.6 Å². The zero-order valence-electron chi connectivity index (χ0n) is 21.7. The summed E-state index contributed by atoms with van der Waals surface area (Å²) in [7, 11) is 0. The minimum atomic E-state index is -0.172. The summed E-state index contributed by atoms with van der Waals surface area (Å²) in [6.45, 7) is 5.67. The van der Waals surface area contributed by atoms with E-state index in [9.17, 15) is 4.79 Å². The van der Waals surface area contributed by atoms with Gasteiger partial charge in [-0.3, -0.25) is 4.79 Å². The van der Waals surface area contributed by atoms with Crippen LogP contribution in [0.25, 0.3) is 0 Å². The maximum atomic E-state index is 13.0. The molecule has 1 heterocycles. The number of carbonyl (C=O) groups excluding carboxylic acids is 1. The molecule has 0 atom stereocenters. The molecule has 0 saturated heterocycles. The predicted molar refractivity (Wildman–Crippen MR) is 152 cm³/mol. The Morgan fingerprint density at radius 2 is 1.67 bits per heavy atom. The highest BCUT2D eigenvalue weighted by molar-refractivity contribution is 7.09. The molecule has 3 rings (SSSR count). The lowest BCUT2D eigenvalue weighted by molar-refractivity contribution is -0.683. The number of rotatable bonds is 16. The molecular formula is C30H40ClN2O2S+. The van der Waals surface area contributed by atoms with Crippen molar-refractivity contribution in [3.63, 3.8) is 0 Å². The fourth-order valence-corrected chi connectivity index (χ4v) is 5.12.